The molecule has 8 nitrogen and oxygen atoms in total. The number of nitrogens with one attached hydrogen (secondary N) is 1. The normalized spacial score (nSPS) is 13.4. The quantitative estimate of drug-likeness (QED) is 0.671. The molecule has 8 heteroatoms. The molecule has 2 aromatic carbocycles. The first-order valence-corrected chi connectivity index (χ1v) is 9.02. The second-order valence-electron chi connectivity index (χ2n) is 6.36. The molecule has 0 atom stereocenters. The van der Waals surface area contributed by atoms with Crippen LogP contribution in [0, 0.1) is 0 Å². The van der Waals surface area contributed by atoms with E-state index in [1.165, 1.54) is 12.1 Å². The Morgan fingerprint density at radius 3 is 2.54 bits per heavy atom. The summed E-state index contributed by atoms with van der Waals surface area (Å²) in [5.41, 5.74) is 0.980. The maximum Gasteiger partial charge on any atom is 0.335 e. The average Bonchev–Trinajstić information content (AvgIpc) is 3.24. The average molecular weight is 377 g/mol. The fourth-order valence-electron chi connectivity index (χ4n) is 2.95. The zero-order valence-electron chi connectivity index (χ0n) is 15.1. The van der Waals surface area contributed by atoms with Crippen LogP contribution in [0.15, 0.2) is 54.6 Å². The molecule has 1 saturated heterocycles. The zero-order chi connectivity index (χ0) is 19.3. The summed E-state index contributed by atoms with van der Waals surface area (Å²) >= 11 is 0. The van der Waals surface area contributed by atoms with Gasteiger partial charge in [0.25, 0.3) is 0 Å². The van der Waals surface area contributed by atoms with Crippen LogP contribution in [0.5, 0.6) is 11.8 Å². The first-order chi connectivity index (χ1) is 13.7. The Hall–Kier alpha value is -3.68. The van der Waals surface area contributed by atoms with Crippen LogP contribution in [-0.2, 0) is 0 Å². The highest BCUT2D eigenvalue weighted by Crippen LogP contribution is 2.25. The standard InChI is InChI=1S/C20H19N5O3/c26-17(27)14-7-6-10-16(13-14)28-20-23-18(21-15-8-2-1-3-9-15)22-19(24-20)25-11-4-5-12-25/h1-3,6-10,13H,4-5,11-12H2,(H,26,27)(H,21,22,23,24). The number of hydrogen-bond donors (Lipinski definition) is 2. The van der Waals surface area contributed by atoms with E-state index in [9.17, 15) is 4.79 Å². The maximum absolute atomic E-state index is 11.2. The van der Waals surface area contributed by atoms with E-state index in [0.29, 0.717) is 17.6 Å². The lowest BCUT2D eigenvalue weighted by molar-refractivity contribution is 0.0696. The van der Waals surface area contributed by atoms with Crippen LogP contribution in [0.1, 0.15) is 23.2 Å². The van der Waals surface area contributed by atoms with Gasteiger partial charge in [0.05, 0.1) is 5.56 Å². The van der Waals surface area contributed by atoms with Crippen molar-refractivity contribution in [1.82, 2.24) is 15.0 Å². The minimum Gasteiger partial charge on any atom is -0.478 e. The van der Waals surface area contributed by atoms with Gasteiger partial charge in [0.2, 0.25) is 11.9 Å². The molecular formula is C20H19N5O3. The van der Waals surface area contributed by atoms with Crippen molar-refractivity contribution in [3.63, 3.8) is 0 Å². The van der Waals surface area contributed by atoms with Crippen LogP contribution in [-0.4, -0.2) is 39.1 Å². The van der Waals surface area contributed by atoms with E-state index in [-0.39, 0.29) is 11.6 Å². The Balaban J connectivity index is 1.65. The Morgan fingerprint density at radius 1 is 1.00 bits per heavy atom. The van der Waals surface area contributed by atoms with Crippen LogP contribution in [0.3, 0.4) is 0 Å². The SMILES string of the molecule is O=C(O)c1cccc(Oc2nc(Nc3ccccc3)nc(N3CCCC3)n2)c1. The molecular weight excluding hydrogens is 358 g/mol. The van der Waals surface area contributed by atoms with Crippen molar-refractivity contribution >= 4 is 23.6 Å². The van der Waals surface area contributed by atoms with Gasteiger partial charge < -0.3 is 20.1 Å². The summed E-state index contributed by atoms with van der Waals surface area (Å²) in [5, 5.41) is 12.3. The second kappa shape index (κ2) is 7.91. The van der Waals surface area contributed by atoms with Crippen molar-refractivity contribution in [3.05, 3.63) is 60.2 Å². The monoisotopic (exact) mass is 377 g/mol. The molecule has 0 radical (unpaired) electrons. The second-order valence-corrected chi connectivity index (χ2v) is 6.36. The van der Waals surface area contributed by atoms with Crippen molar-refractivity contribution in [2.24, 2.45) is 0 Å². The minimum atomic E-state index is -1.02. The van der Waals surface area contributed by atoms with Crippen LogP contribution in [0.4, 0.5) is 17.6 Å². The molecule has 0 bridgehead atoms. The first kappa shape index (κ1) is 17.7. The molecule has 2 N–H and O–H groups in total. The molecule has 0 amide bonds. The summed E-state index contributed by atoms with van der Waals surface area (Å²) in [5.74, 6) is 0.234. The van der Waals surface area contributed by atoms with Gasteiger partial charge in [0.15, 0.2) is 0 Å². The molecule has 0 spiro atoms. The summed E-state index contributed by atoms with van der Waals surface area (Å²) in [7, 11) is 0. The summed E-state index contributed by atoms with van der Waals surface area (Å²) in [6.07, 6.45) is 2.17. The fraction of sp³-hybridized carbons (Fsp3) is 0.200. The molecule has 0 aliphatic carbocycles. The Morgan fingerprint density at radius 2 is 1.79 bits per heavy atom. The summed E-state index contributed by atoms with van der Waals surface area (Å²) in [6.45, 7) is 1.76. The molecule has 28 heavy (non-hydrogen) atoms. The van der Waals surface area contributed by atoms with E-state index >= 15 is 0 Å². The number of ether oxygens (including phenoxy) is 1. The Labute approximate surface area is 161 Å². The van der Waals surface area contributed by atoms with Gasteiger partial charge >= 0.3 is 12.0 Å². The third kappa shape index (κ3) is 4.17. The van der Waals surface area contributed by atoms with Crippen LogP contribution >= 0.6 is 0 Å². The number of carbonyl (C=O) groups is 1. The number of rotatable bonds is 6. The van der Waals surface area contributed by atoms with E-state index in [0.717, 1.165) is 31.6 Å². The fourth-order valence-corrected chi connectivity index (χ4v) is 2.95. The smallest absolute Gasteiger partial charge is 0.335 e. The van der Waals surface area contributed by atoms with Gasteiger partial charge in [0, 0.05) is 18.8 Å². The lowest BCUT2D eigenvalue weighted by atomic mass is 10.2. The van der Waals surface area contributed by atoms with Gasteiger partial charge in [-0.25, -0.2) is 4.79 Å². The Bertz CT molecular complexity index is 975. The Kier molecular flexibility index (Phi) is 5.01. The predicted molar refractivity (Wildman–Crippen MR) is 104 cm³/mol. The largest absolute Gasteiger partial charge is 0.478 e. The van der Waals surface area contributed by atoms with E-state index < -0.39 is 5.97 Å². The molecule has 1 aliphatic heterocycles. The van der Waals surface area contributed by atoms with Crippen LogP contribution < -0.4 is 15.0 Å². The molecule has 1 aliphatic rings. The highest BCUT2D eigenvalue weighted by molar-refractivity contribution is 5.88. The van der Waals surface area contributed by atoms with E-state index in [1.54, 1.807) is 12.1 Å². The van der Waals surface area contributed by atoms with Gasteiger partial charge in [-0.05, 0) is 43.2 Å². The lowest BCUT2D eigenvalue weighted by Crippen LogP contribution is -2.21. The molecule has 0 saturated carbocycles. The molecule has 1 fully saturated rings. The number of nitrogens with zero attached hydrogens (tertiary/aromatic N) is 4. The van der Waals surface area contributed by atoms with E-state index in [1.807, 2.05) is 30.3 Å². The summed E-state index contributed by atoms with van der Waals surface area (Å²) in [4.78, 5) is 26.5. The minimum absolute atomic E-state index is 0.109. The molecule has 3 aromatic rings. The number of hydrogen-bond acceptors (Lipinski definition) is 7. The van der Waals surface area contributed by atoms with Gasteiger partial charge in [-0.2, -0.15) is 15.0 Å². The number of carboxylic acid groups (broad SMARTS) is 1. The lowest BCUT2D eigenvalue weighted by Gasteiger charge is -2.17. The van der Waals surface area contributed by atoms with Crippen molar-refractivity contribution in [2.45, 2.75) is 12.8 Å². The first-order valence-electron chi connectivity index (χ1n) is 9.02. The number of aromatic carboxylic acids is 1. The van der Waals surface area contributed by atoms with Crippen molar-refractivity contribution in [2.75, 3.05) is 23.3 Å². The van der Waals surface area contributed by atoms with Gasteiger partial charge in [0.1, 0.15) is 5.75 Å². The summed E-state index contributed by atoms with van der Waals surface area (Å²) in [6, 6.07) is 15.9. The summed E-state index contributed by atoms with van der Waals surface area (Å²) < 4.78 is 5.76. The number of anilines is 3. The number of carboxylic acids is 1. The van der Waals surface area contributed by atoms with E-state index in [4.69, 9.17) is 9.84 Å². The van der Waals surface area contributed by atoms with Gasteiger partial charge in [-0.1, -0.05) is 24.3 Å². The highest BCUT2D eigenvalue weighted by Gasteiger charge is 2.18. The van der Waals surface area contributed by atoms with Crippen LogP contribution in [0.2, 0.25) is 0 Å². The number of benzene rings is 2. The molecule has 142 valence electrons. The molecule has 2 heterocycles. The third-order valence-corrected chi connectivity index (χ3v) is 4.31. The number of para-hydroxylation sites is 1. The predicted octanol–water partition coefficient (Wildman–Crippen LogP) is 3.71. The van der Waals surface area contributed by atoms with E-state index in [2.05, 4.69) is 25.2 Å². The molecule has 1 aromatic heterocycles. The van der Waals surface area contributed by atoms with Crippen LogP contribution in [0.25, 0.3) is 0 Å². The highest BCUT2D eigenvalue weighted by atomic mass is 16.5. The van der Waals surface area contributed by atoms with Gasteiger partial charge in [-0.3, -0.25) is 0 Å². The molecule has 0 unspecified atom stereocenters. The van der Waals surface area contributed by atoms with Crippen molar-refractivity contribution in [3.8, 4) is 11.8 Å². The topological polar surface area (TPSA) is 100 Å². The third-order valence-electron chi connectivity index (χ3n) is 4.31. The number of aromatic nitrogens is 3. The van der Waals surface area contributed by atoms with Crippen molar-refractivity contribution < 1.29 is 14.6 Å². The van der Waals surface area contributed by atoms with Gasteiger partial charge in [-0.15, -0.1) is 0 Å². The maximum atomic E-state index is 11.2. The molecule has 4 rings (SSSR count). The van der Waals surface area contributed by atoms with Crippen molar-refractivity contribution in [1.29, 1.82) is 0 Å². The zero-order valence-corrected chi connectivity index (χ0v) is 15.1.